The molecule has 0 aromatic heterocycles. The van der Waals surface area contributed by atoms with Crippen molar-refractivity contribution in [3.63, 3.8) is 0 Å². The van der Waals surface area contributed by atoms with E-state index in [1.165, 1.54) is 31.5 Å². The molecule has 2 rings (SSSR count). The van der Waals surface area contributed by atoms with Crippen LogP contribution in [0.25, 0.3) is 0 Å². The molecule has 1 aromatic rings. The van der Waals surface area contributed by atoms with Crippen LogP contribution in [0.1, 0.15) is 43.4 Å². The lowest BCUT2D eigenvalue weighted by molar-refractivity contribution is 0.147. The van der Waals surface area contributed by atoms with Gasteiger partial charge in [-0.2, -0.15) is 0 Å². The summed E-state index contributed by atoms with van der Waals surface area (Å²) in [5.74, 6) is 0.876. The van der Waals surface area contributed by atoms with E-state index in [0.29, 0.717) is 0 Å². The van der Waals surface area contributed by atoms with Crippen LogP contribution in [0, 0.1) is 12.8 Å². The van der Waals surface area contributed by atoms with Crippen molar-refractivity contribution in [2.24, 2.45) is 5.92 Å². The summed E-state index contributed by atoms with van der Waals surface area (Å²) < 4.78 is 0. The van der Waals surface area contributed by atoms with Gasteiger partial charge in [0.15, 0.2) is 0 Å². The maximum absolute atomic E-state index is 10.3. The van der Waals surface area contributed by atoms with Crippen LogP contribution in [0.4, 0.5) is 0 Å². The van der Waals surface area contributed by atoms with Gasteiger partial charge in [0.1, 0.15) is 0 Å². The fourth-order valence-electron chi connectivity index (χ4n) is 2.87. The van der Waals surface area contributed by atoms with E-state index in [2.05, 4.69) is 24.8 Å². The zero-order chi connectivity index (χ0) is 13.0. The van der Waals surface area contributed by atoms with Crippen molar-refractivity contribution < 1.29 is 5.11 Å². The normalized spacial score (nSPS) is 22.3. The summed E-state index contributed by atoms with van der Waals surface area (Å²) in [6.45, 7) is 7.79. The SMILES string of the molecule is CCC1CCN(CCC(O)c2ccccc2C)C1. The Morgan fingerprint density at radius 2 is 2.17 bits per heavy atom. The summed E-state index contributed by atoms with van der Waals surface area (Å²) in [6, 6.07) is 8.15. The minimum atomic E-state index is -0.313. The van der Waals surface area contributed by atoms with Gasteiger partial charge in [0, 0.05) is 13.1 Å². The monoisotopic (exact) mass is 247 g/mol. The van der Waals surface area contributed by atoms with E-state index in [9.17, 15) is 5.11 Å². The standard InChI is InChI=1S/C16H25NO/c1-3-14-8-10-17(12-14)11-9-16(18)15-7-5-4-6-13(15)2/h4-7,14,16,18H,3,8-12H2,1-2H3. The van der Waals surface area contributed by atoms with Crippen LogP contribution in [0.5, 0.6) is 0 Å². The second-order valence-electron chi connectivity index (χ2n) is 5.52. The van der Waals surface area contributed by atoms with Gasteiger partial charge in [0.25, 0.3) is 0 Å². The van der Waals surface area contributed by atoms with Crippen LogP contribution in [0.2, 0.25) is 0 Å². The van der Waals surface area contributed by atoms with Gasteiger partial charge in [-0.25, -0.2) is 0 Å². The van der Waals surface area contributed by atoms with Crippen molar-refractivity contribution in [2.45, 2.75) is 39.2 Å². The van der Waals surface area contributed by atoms with Crippen LogP contribution < -0.4 is 0 Å². The quantitative estimate of drug-likeness (QED) is 0.864. The smallest absolute Gasteiger partial charge is 0.0804 e. The Balaban J connectivity index is 1.82. The second kappa shape index (κ2) is 6.35. The molecule has 1 aromatic carbocycles. The lowest BCUT2D eigenvalue weighted by Crippen LogP contribution is -2.23. The fraction of sp³-hybridized carbons (Fsp3) is 0.625. The van der Waals surface area contributed by atoms with Crippen LogP contribution in [-0.4, -0.2) is 29.6 Å². The molecule has 100 valence electrons. The Labute approximate surface area is 111 Å². The summed E-state index contributed by atoms with van der Waals surface area (Å²) >= 11 is 0. The summed E-state index contributed by atoms with van der Waals surface area (Å²) in [6.07, 6.45) is 3.15. The van der Waals surface area contributed by atoms with Gasteiger partial charge in [0.05, 0.1) is 6.10 Å². The molecular weight excluding hydrogens is 222 g/mol. The molecule has 1 fully saturated rings. The first-order valence-corrected chi connectivity index (χ1v) is 7.16. The first kappa shape index (κ1) is 13.6. The number of likely N-dealkylation sites (tertiary alicyclic amines) is 1. The summed E-state index contributed by atoms with van der Waals surface area (Å²) in [5.41, 5.74) is 2.28. The minimum absolute atomic E-state index is 0.313. The predicted octanol–water partition coefficient (Wildman–Crippen LogP) is 3.15. The molecular formula is C16H25NO. The molecule has 0 aliphatic carbocycles. The van der Waals surface area contributed by atoms with Crippen molar-refractivity contribution in [3.8, 4) is 0 Å². The predicted molar refractivity (Wildman–Crippen MR) is 75.6 cm³/mol. The van der Waals surface area contributed by atoms with Gasteiger partial charge in [-0.05, 0) is 43.4 Å². The molecule has 2 nitrogen and oxygen atoms in total. The topological polar surface area (TPSA) is 23.5 Å². The van der Waals surface area contributed by atoms with E-state index in [0.717, 1.165) is 24.4 Å². The van der Waals surface area contributed by atoms with E-state index in [-0.39, 0.29) is 6.10 Å². The highest BCUT2D eigenvalue weighted by Crippen LogP contribution is 2.23. The minimum Gasteiger partial charge on any atom is -0.388 e. The molecule has 0 spiro atoms. The lowest BCUT2D eigenvalue weighted by atomic mass is 10.0. The number of aryl methyl sites for hydroxylation is 1. The van der Waals surface area contributed by atoms with Gasteiger partial charge in [0.2, 0.25) is 0 Å². The lowest BCUT2D eigenvalue weighted by Gasteiger charge is -2.19. The van der Waals surface area contributed by atoms with Gasteiger partial charge in [-0.3, -0.25) is 0 Å². The number of aliphatic hydroxyl groups is 1. The van der Waals surface area contributed by atoms with Crippen molar-refractivity contribution in [3.05, 3.63) is 35.4 Å². The third-order valence-electron chi connectivity index (χ3n) is 4.21. The van der Waals surface area contributed by atoms with Crippen molar-refractivity contribution >= 4 is 0 Å². The fourth-order valence-corrected chi connectivity index (χ4v) is 2.87. The van der Waals surface area contributed by atoms with Crippen molar-refractivity contribution in [2.75, 3.05) is 19.6 Å². The summed E-state index contributed by atoms with van der Waals surface area (Å²) in [5, 5.41) is 10.3. The summed E-state index contributed by atoms with van der Waals surface area (Å²) in [4.78, 5) is 2.50. The number of rotatable bonds is 5. The second-order valence-corrected chi connectivity index (χ2v) is 5.52. The third kappa shape index (κ3) is 3.33. The molecule has 1 aliphatic heterocycles. The molecule has 1 N–H and O–H groups in total. The van der Waals surface area contributed by atoms with E-state index >= 15 is 0 Å². The zero-order valence-corrected chi connectivity index (χ0v) is 11.6. The van der Waals surface area contributed by atoms with E-state index in [4.69, 9.17) is 0 Å². The molecule has 0 amide bonds. The van der Waals surface area contributed by atoms with Crippen LogP contribution in [0.15, 0.2) is 24.3 Å². The highest BCUT2D eigenvalue weighted by Gasteiger charge is 2.21. The molecule has 2 unspecified atom stereocenters. The Bertz CT molecular complexity index is 377. The molecule has 2 heteroatoms. The third-order valence-corrected chi connectivity index (χ3v) is 4.21. The Morgan fingerprint density at radius 3 is 2.83 bits per heavy atom. The van der Waals surface area contributed by atoms with Crippen LogP contribution >= 0.6 is 0 Å². The Kier molecular flexibility index (Phi) is 4.79. The highest BCUT2D eigenvalue weighted by molar-refractivity contribution is 5.27. The number of nitrogens with zero attached hydrogens (tertiary/aromatic N) is 1. The van der Waals surface area contributed by atoms with E-state index in [1.54, 1.807) is 0 Å². The highest BCUT2D eigenvalue weighted by atomic mass is 16.3. The van der Waals surface area contributed by atoms with Crippen LogP contribution in [0.3, 0.4) is 0 Å². The molecule has 1 aliphatic rings. The molecule has 0 saturated carbocycles. The maximum atomic E-state index is 10.3. The van der Waals surface area contributed by atoms with Gasteiger partial charge in [-0.1, -0.05) is 37.6 Å². The van der Waals surface area contributed by atoms with Gasteiger partial charge >= 0.3 is 0 Å². The molecule has 1 saturated heterocycles. The molecule has 1 heterocycles. The zero-order valence-electron chi connectivity index (χ0n) is 11.6. The molecule has 2 atom stereocenters. The average Bonchev–Trinajstić information content (AvgIpc) is 2.84. The number of benzene rings is 1. The largest absolute Gasteiger partial charge is 0.388 e. The molecule has 0 radical (unpaired) electrons. The first-order valence-electron chi connectivity index (χ1n) is 7.16. The Morgan fingerprint density at radius 1 is 1.39 bits per heavy atom. The van der Waals surface area contributed by atoms with Gasteiger partial charge < -0.3 is 10.0 Å². The maximum Gasteiger partial charge on any atom is 0.0804 e. The number of hydrogen-bond acceptors (Lipinski definition) is 2. The molecule has 18 heavy (non-hydrogen) atoms. The number of hydrogen-bond donors (Lipinski definition) is 1. The van der Waals surface area contributed by atoms with Gasteiger partial charge in [-0.15, -0.1) is 0 Å². The molecule has 0 bridgehead atoms. The van der Waals surface area contributed by atoms with E-state index in [1.807, 2.05) is 18.2 Å². The van der Waals surface area contributed by atoms with Crippen molar-refractivity contribution in [1.82, 2.24) is 4.90 Å². The van der Waals surface area contributed by atoms with Crippen molar-refractivity contribution in [1.29, 1.82) is 0 Å². The number of aliphatic hydroxyl groups excluding tert-OH is 1. The first-order chi connectivity index (χ1) is 8.70. The summed E-state index contributed by atoms with van der Waals surface area (Å²) in [7, 11) is 0. The van der Waals surface area contributed by atoms with Crippen LogP contribution in [-0.2, 0) is 0 Å². The van der Waals surface area contributed by atoms with E-state index < -0.39 is 0 Å². The average molecular weight is 247 g/mol. The Hall–Kier alpha value is -0.860.